The molecule has 0 aromatic rings. The first-order chi connectivity index (χ1) is 4.43. The van der Waals surface area contributed by atoms with Gasteiger partial charge >= 0.3 is 0 Å². The molecule has 0 aliphatic carbocycles. The zero-order valence-corrected chi connectivity index (χ0v) is 6.71. The van der Waals surface area contributed by atoms with Crippen molar-refractivity contribution in [1.29, 1.82) is 0 Å². The molecule has 0 amide bonds. The highest BCUT2D eigenvalue weighted by Crippen LogP contribution is 1.96. The molecule has 0 aromatic carbocycles. The first-order valence-corrected chi connectivity index (χ1v) is 4.75. The fraction of sp³-hybridized carbons (Fsp3) is 1.00. The summed E-state index contributed by atoms with van der Waals surface area (Å²) in [6.07, 6.45) is 2.16. The van der Waals surface area contributed by atoms with E-state index in [0.717, 1.165) is 6.67 Å². The van der Waals surface area contributed by atoms with Gasteiger partial charge in [0, 0.05) is 32.1 Å². The van der Waals surface area contributed by atoms with Crippen molar-refractivity contribution in [2.24, 2.45) is 0 Å². The molecular weight excluding hydrogens is 132 g/mol. The highest BCUT2D eigenvalue weighted by Gasteiger charge is 2.08. The predicted molar refractivity (Wildman–Crippen MR) is 42.8 cm³/mol. The average molecular weight is 146 g/mol. The Balaban J connectivity index is 1.98. The molecular formula is C6H14N2S. The van der Waals surface area contributed by atoms with Gasteiger partial charge in [-0.15, -0.1) is 0 Å². The van der Waals surface area contributed by atoms with Crippen molar-refractivity contribution in [2.75, 3.05) is 38.3 Å². The van der Waals surface area contributed by atoms with Gasteiger partial charge in [0.25, 0.3) is 0 Å². The third-order valence-electron chi connectivity index (χ3n) is 1.55. The lowest BCUT2D eigenvalue weighted by molar-refractivity contribution is 0.357. The molecule has 2 nitrogen and oxygen atoms in total. The number of rotatable bonds is 3. The fourth-order valence-electron chi connectivity index (χ4n) is 0.965. The minimum Gasteiger partial charge on any atom is -0.303 e. The molecule has 1 N–H and O–H groups in total. The molecule has 1 heterocycles. The Hall–Kier alpha value is 0.270. The highest BCUT2D eigenvalue weighted by atomic mass is 32.2. The first kappa shape index (κ1) is 7.38. The van der Waals surface area contributed by atoms with Gasteiger partial charge in [0.1, 0.15) is 0 Å². The largest absolute Gasteiger partial charge is 0.303 e. The monoisotopic (exact) mass is 146 g/mol. The van der Waals surface area contributed by atoms with Crippen LogP contribution in [0.1, 0.15) is 0 Å². The zero-order valence-electron chi connectivity index (χ0n) is 5.89. The maximum Gasteiger partial charge on any atom is 0.0481 e. The lowest BCUT2D eigenvalue weighted by Gasteiger charge is -2.11. The Morgan fingerprint density at radius 1 is 1.67 bits per heavy atom. The standard InChI is InChI=1S/C6H14N2S/c1-9-5-4-8-3-2-7-6-8/h7H,2-6H2,1H3. The Bertz CT molecular complexity index is 71.5. The van der Waals surface area contributed by atoms with E-state index in [1.807, 2.05) is 11.8 Å². The van der Waals surface area contributed by atoms with Crippen LogP contribution in [0, 0.1) is 0 Å². The highest BCUT2D eigenvalue weighted by molar-refractivity contribution is 7.98. The van der Waals surface area contributed by atoms with Crippen LogP contribution in [-0.4, -0.2) is 43.2 Å². The average Bonchev–Trinajstić information content (AvgIpc) is 2.34. The number of thioether (sulfide) groups is 1. The van der Waals surface area contributed by atoms with Gasteiger partial charge in [-0.1, -0.05) is 0 Å². The van der Waals surface area contributed by atoms with Gasteiger partial charge in [0.15, 0.2) is 0 Å². The van der Waals surface area contributed by atoms with Crippen LogP contribution in [0.4, 0.5) is 0 Å². The van der Waals surface area contributed by atoms with Gasteiger partial charge in [-0.05, 0) is 6.26 Å². The first-order valence-electron chi connectivity index (χ1n) is 3.35. The van der Waals surface area contributed by atoms with Crippen molar-refractivity contribution in [3.8, 4) is 0 Å². The molecule has 0 aromatic heterocycles. The fourth-order valence-corrected chi connectivity index (χ4v) is 1.41. The predicted octanol–water partition coefficient (Wildman–Crippen LogP) is 0.212. The van der Waals surface area contributed by atoms with Crippen LogP contribution < -0.4 is 5.32 Å². The minimum atomic E-state index is 1.10. The van der Waals surface area contributed by atoms with Crippen LogP contribution in [0.2, 0.25) is 0 Å². The Morgan fingerprint density at radius 2 is 2.56 bits per heavy atom. The third kappa shape index (κ3) is 2.56. The minimum absolute atomic E-state index is 1.10. The molecule has 1 aliphatic rings. The van der Waals surface area contributed by atoms with Crippen molar-refractivity contribution >= 4 is 11.8 Å². The van der Waals surface area contributed by atoms with E-state index in [1.165, 1.54) is 25.4 Å². The summed E-state index contributed by atoms with van der Waals surface area (Å²) in [7, 11) is 0. The van der Waals surface area contributed by atoms with E-state index in [0.29, 0.717) is 0 Å². The maximum atomic E-state index is 3.30. The number of hydrogen-bond acceptors (Lipinski definition) is 3. The molecule has 0 unspecified atom stereocenters. The van der Waals surface area contributed by atoms with Crippen molar-refractivity contribution in [3.05, 3.63) is 0 Å². The van der Waals surface area contributed by atoms with Crippen molar-refractivity contribution in [3.63, 3.8) is 0 Å². The van der Waals surface area contributed by atoms with E-state index in [-0.39, 0.29) is 0 Å². The number of hydrogen-bond donors (Lipinski definition) is 1. The number of nitrogens with zero attached hydrogens (tertiary/aromatic N) is 1. The summed E-state index contributed by atoms with van der Waals surface area (Å²) in [5.41, 5.74) is 0. The third-order valence-corrected chi connectivity index (χ3v) is 2.14. The molecule has 1 aliphatic heterocycles. The van der Waals surface area contributed by atoms with Crippen molar-refractivity contribution in [1.82, 2.24) is 10.2 Å². The topological polar surface area (TPSA) is 15.3 Å². The van der Waals surface area contributed by atoms with Crippen LogP contribution in [0.3, 0.4) is 0 Å². The smallest absolute Gasteiger partial charge is 0.0481 e. The second kappa shape index (κ2) is 4.14. The second-order valence-corrected chi connectivity index (χ2v) is 3.25. The summed E-state index contributed by atoms with van der Waals surface area (Å²) < 4.78 is 0. The van der Waals surface area contributed by atoms with Gasteiger partial charge < -0.3 is 5.32 Å². The second-order valence-electron chi connectivity index (χ2n) is 2.27. The molecule has 54 valence electrons. The summed E-state index contributed by atoms with van der Waals surface area (Å²) >= 11 is 1.92. The summed E-state index contributed by atoms with van der Waals surface area (Å²) in [5.74, 6) is 1.27. The molecule has 9 heavy (non-hydrogen) atoms. The quantitative estimate of drug-likeness (QED) is 0.613. The normalized spacial score (nSPS) is 21.0. The summed E-state index contributed by atoms with van der Waals surface area (Å²) in [4.78, 5) is 2.44. The lowest BCUT2D eigenvalue weighted by Crippen LogP contribution is -2.24. The van der Waals surface area contributed by atoms with Gasteiger partial charge in [-0.3, -0.25) is 4.90 Å². The summed E-state index contributed by atoms with van der Waals surface area (Å²) in [6.45, 7) is 4.75. The van der Waals surface area contributed by atoms with E-state index in [1.54, 1.807) is 0 Å². The van der Waals surface area contributed by atoms with Crippen LogP contribution in [0.5, 0.6) is 0 Å². The Labute approximate surface area is 61.0 Å². The van der Waals surface area contributed by atoms with E-state index in [2.05, 4.69) is 16.5 Å². The molecule has 0 saturated carbocycles. The summed E-state index contributed by atoms with van der Waals surface area (Å²) in [5, 5.41) is 3.30. The molecule has 0 spiro atoms. The van der Waals surface area contributed by atoms with Crippen molar-refractivity contribution in [2.45, 2.75) is 0 Å². The summed E-state index contributed by atoms with van der Waals surface area (Å²) in [6, 6.07) is 0. The molecule has 0 radical (unpaired) electrons. The van der Waals surface area contributed by atoms with Crippen molar-refractivity contribution < 1.29 is 0 Å². The van der Waals surface area contributed by atoms with E-state index < -0.39 is 0 Å². The van der Waals surface area contributed by atoms with Gasteiger partial charge in [0.05, 0.1) is 0 Å². The number of nitrogens with one attached hydrogen (secondary N) is 1. The van der Waals surface area contributed by atoms with Gasteiger partial charge in [0.2, 0.25) is 0 Å². The van der Waals surface area contributed by atoms with E-state index in [4.69, 9.17) is 0 Å². The van der Waals surface area contributed by atoms with Crippen LogP contribution >= 0.6 is 11.8 Å². The SMILES string of the molecule is CSCCN1CCNC1. The lowest BCUT2D eigenvalue weighted by atomic mass is 10.6. The molecule has 1 fully saturated rings. The van der Waals surface area contributed by atoms with E-state index in [9.17, 15) is 0 Å². The van der Waals surface area contributed by atoms with E-state index >= 15 is 0 Å². The van der Waals surface area contributed by atoms with Gasteiger partial charge in [-0.2, -0.15) is 11.8 Å². The van der Waals surface area contributed by atoms with Gasteiger partial charge in [-0.25, -0.2) is 0 Å². The molecule has 0 atom stereocenters. The molecule has 1 saturated heterocycles. The Kier molecular flexibility index (Phi) is 3.40. The maximum absolute atomic E-state index is 3.30. The zero-order chi connectivity index (χ0) is 6.53. The molecule has 3 heteroatoms. The van der Waals surface area contributed by atoms with Crippen LogP contribution in [-0.2, 0) is 0 Å². The Morgan fingerprint density at radius 3 is 3.11 bits per heavy atom. The van der Waals surface area contributed by atoms with Crippen LogP contribution in [0.15, 0.2) is 0 Å². The molecule has 1 rings (SSSR count). The van der Waals surface area contributed by atoms with Crippen LogP contribution in [0.25, 0.3) is 0 Å². The molecule has 0 bridgehead atoms.